The highest BCUT2D eigenvalue weighted by Gasteiger charge is 2.07. The molecule has 1 nitrogen and oxygen atoms in total. The molecule has 1 atom stereocenters. The summed E-state index contributed by atoms with van der Waals surface area (Å²) in [5.41, 5.74) is 3.93. The fourth-order valence-corrected chi connectivity index (χ4v) is 1.67. The lowest BCUT2D eigenvalue weighted by Gasteiger charge is -2.16. The lowest BCUT2D eigenvalue weighted by molar-refractivity contribution is 0.548. The van der Waals surface area contributed by atoms with Gasteiger partial charge in [-0.1, -0.05) is 35.4 Å². The third-order valence-electron chi connectivity index (χ3n) is 2.69. The summed E-state index contributed by atoms with van der Waals surface area (Å²) in [6.07, 6.45) is 2.20. The SMILES string of the molecule is C=C(C)CCC(NC)c1ccc(C)cc1. The monoisotopic (exact) mass is 203 g/mol. The molecule has 0 radical (unpaired) electrons. The molecule has 0 aliphatic rings. The first-order valence-electron chi connectivity index (χ1n) is 5.51. The van der Waals surface area contributed by atoms with E-state index in [0.29, 0.717) is 6.04 Å². The van der Waals surface area contributed by atoms with Gasteiger partial charge in [-0.2, -0.15) is 0 Å². The molecule has 0 aliphatic carbocycles. The van der Waals surface area contributed by atoms with Crippen molar-refractivity contribution in [3.63, 3.8) is 0 Å². The largest absolute Gasteiger partial charge is 0.313 e. The van der Waals surface area contributed by atoms with Crippen LogP contribution >= 0.6 is 0 Å². The number of hydrogen-bond acceptors (Lipinski definition) is 1. The minimum absolute atomic E-state index is 0.447. The number of hydrogen-bond donors (Lipinski definition) is 1. The molecule has 15 heavy (non-hydrogen) atoms. The minimum atomic E-state index is 0.447. The van der Waals surface area contributed by atoms with Gasteiger partial charge in [0.25, 0.3) is 0 Å². The number of allylic oxidation sites excluding steroid dienone is 1. The molecular formula is C14H21N. The Hall–Kier alpha value is -1.08. The van der Waals surface area contributed by atoms with Crippen LogP contribution in [0.1, 0.15) is 36.9 Å². The van der Waals surface area contributed by atoms with E-state index in [1.165, 1.54) is 16.7 Å². The first-order chi connectivity index (χ1) is 7.13. The minimum Gasteiger partial charge on any atom is -0.313 e. The van der Waals surface area contributed by atoms with Crippen LogP contribution in [-0.4, -0.2) is 7.05 Å². The van der Waals surface area contributed by atoms with Crippen LogP contribution in [-0.2, 0) is 0 Å². The van der Waals surface area contributed by atoms with E-state index >= 15 is 0 Å². The quantitative estimate of drug-likeness (QED) is 0.721. The van der Waals surface area contributed by atoms with Crippen LogP contribution in [0.25, 0.3) is 0 Å². The maximum atomic E-state index is 3.94. The summed E-state index contributed by atoms with van der Waals surface area (Å²) in [6.45, 7) is 8.14. The third-order valence-corrected chi connectivity index (χ3v) is 2.69. The van der Waals surface area contributed by atoms with Gasteiger partial charge in [0, 0.05) is 6.04 Å². The van der Waals surface area contributed by atoms with Crippen molar-refractivity contribution < 1.29 is 0 Å². The van der Waals surface area contributed by atoms with E-state index in [-0.39, 0.29) is 0 Å². The van der Waals surface area contributed by atoms with Crippen LogP contribution in [0.4, 0.5) is 0 Å². The normalized spacial score (nSPS) is 12.5. The van der Waals surface area contributed by atoms with Gasteiger partial charge in [0.05, 0.1) is 0 Å². The Balaban J connectivity index is 2.65. The van der Waals surface area contributed by atoms with Gasteiger partial charge in [0.2, 0.25) is 0 Å². The van der Waals surface area contributed by atoms with Crippen molar-refractivity contribution in [1.82, 2.24) is 5.32 Å². The Kier molecular flexibility index (Phi) is 4.57. The van der Waals surface area contributed by atoms with Gasteiger partial charge in [-0.3, -0.25) is 0 Å². The van der Waals surface area contributed by atoms with E-state index in [0.717, 1.165) is 12.8 Å². The molecule has 1 aromatic rings. The highest BCUT2D eigenvalue weighted by atomic mass is 14.9. The van der Waals surface area contributed by atoms with Gasteiger partial charge in [-0.15, -0.1) is 6.58 Å². The second kappa shape index (κ2) is 5.72. The fraction of sp³-hybridized carbons (Fsp3) is 0.429. The van der Waals surface area contributed by atoms with E-state index in [9.17, 15) is 0 Å². The number of nitrogens with one attached hydrogen (secondary N) is 1. The molecule has 1 unspecified atom stereocenters. The maximum absolute atomic E-state index is 3.94. The molecule has 0 aliphatic heterocycles. The van der Waals surface area contributed by atoms with Crippen molar-refractivity contribution in [2.75, 3.05) is 7.05 Å². The highest BCUT2D eigenvalue weighted by molar-refractivity contribution is 5.24. The Morgan fingerprint density at radius 3 is 2.40 bits per heavy atom. The topological polar surface area (TPSA) is 12.0 Å². The summed E-state index contributed by atoms with van der Waals surface area (Å²) >= 11 is 0. The van der Waals surface area contributed by atoms with Crippen LogP contribution in [0.2, 0.25) is 0 Å². The molecular weight excluding hydrogens is 182 g/mol. The van der Waals surface area contributed by atoms with Crippen molar-refractivity contribution in [1.29, 1.82) is 0 Å². The molecule has 0 saturated carbocycles. The zero-order valence-electron chi connectivity index (χ0n) is 10.0. The van der Waals surface area contributed by atoms with Crippen LogP contribution in [0, 0.1) is 6.92 Å². The summed E-state index contributed by atoms with van der Waals surface area (Å²) in [4.78, 5) is 0. The Labute approximate surface area is 93.2 Å². The zero-order chi connectivity index (χ0) is 11.3. The molecule has 0 aromatic heterocycles. The molecule has 0 saturated heterocycles. The molecule has 1 aromatic carbocycles. The lowest BCUT2D eigenvalue weighted by Crippen LogP contribution is -2.16. The van der Waals surface area contributed by atoms with Crippen molar-refractivity contribution in [2.45, 2.75) is 32.7 Å². The van der Waals surface area contributed by atoms with Crippen LogP contribution in [0.15, 0.2) is 36.4 Å². The first kappa shape index (κ1) is 12.0. The molecule has 0 heterocycles. The average molecular weight is 203 g/mol. The molecule has 0 spiro atoms. The third kappa shape index (κ3) is 3.88. The van der Waals surface area contributed by atoms with Crippen molar-refractivity contribution in [2.24, 2.45) is 0 Å². The van der Waals surface area contributed by atoms with E-state index in [2.05, 4.69) is 50.0 Å². The molecule has 1 heteroatoms. The fourth-order valence-electron chi connectivity index (χ4n) is 1.67. The number of aryl methyl sites for hydroxylation is 1. The van der Waals surface area contributed by atoms with E-state index in [4.69, 9.17) is 0 Å². The second-order valence-electron chi connectivity index (χ2n) is 4.25. The Bertz CT molecular complexity index is 311. The van der Waals surface area contributed by atoms with Gasteiger partial charge in [0.1, 0.15) is 0 Å². The molecule has 1 N–H and O–H groups in total. The molecule has 0 amide bonds. The smallest absolute Gasteiger partial charge is 0.0320 e. The molecule has 82 valence electrons. The Morgan fingerprint density at radius 1 is 1.33 bits per heavy atom. The predicted octanol–water partition coefficient (Wildman–Crippen LogP) is 3.61. The molecule has 0 bridgehead atoms. The van der Waals surface area contributed by atoms with Crippen molar-refractivity contribution in [3.8, 4) is 0 Å². The highest BCUT2D eigenvalue weighted by Crippen LogP contribution is 2.20. The second-order valence-corrected chi connectivity index (χ2v) is 4.25. The van der Waals surface area contributed by atoms with Crippen molar-refractivity contribution >= 4 is 0 Å². The molecule has 1 rings (SSSR count). The van der Waals surface area contributed by atoms with Gasteiger partial charge in [-0.05, 0) is 39.3 Å². The lowest BCUT2D eigenvalue weighted by atomic mass is 9.99. The summed E-state index contributed by atoms with van der Waals surface area (Å²) in [5, 5.41) is 3.35. The van der Waals surface area contributed by atoms with Crippen LogP contribution < -0.4 is 5.32 Å². The van der Waals surface area contributed by atoms with Gasteiger partial charge < -0.3 is 5.32 Å². The van der Waals surface area contributed by atoms with Gasteiger partial charge in [-0.25, -0.2) is 0 Å². The van der Waals surface area contributed by atoms with Gasteiger partial charge in [0.15, 0.2) is 0 Å². The summed E-state index contributed by atoms with van der Waals surface area (Å²) in [5.74, 6) is 0. The summed E-state index contributed by atoms with van der Waals surface area (Å²) in [6, 6.07) is 9.19. The standard InChI is InChI=1S/C14H21N/c1-11(2)5-10-14(15-4)13-8-6-12(3)7-9-13/h6-9,14-15H,1,5,10H2,2-4H3. The summed E-state index contributed by atoms with van der Waals surface area (Å²) in [7, 11) is 2.02. The summed E-state index contributed by atoms with van der Waals surface area (Å²) < 4.78 is 0. The van der Waals surface area contributed by atoms with E-state index in [1.54, 1.807) is 0 Å². The van der Waals surface area contributed by atoms with E-state index in [1.807, 2.05) is 7.05 Å². The van der Waals surface area contributed by atoms with Crippen LogP contribution in [0.5, 0.6) is 0 Å². The average Bonchev–Trinajstić information content (AvgIpc) is 2.21. The zero-order valence-corrected chi connectivity index (χ0v) is 10.0. The number of rotatable bonds is 5. The van der Waals surface area contributed by atoms with Crippen molar-refractivity contribution in [3.05, 3.63) is 47.5 Å². The van der Waals surface area contributed by atoms with Crippen LogP contribution in [0.3, 0.4) is 0 Å². The Morgan fingerprint density at radius 2 is 1.93 bits per heavy atom. The van der Waals surface area contributed by atoms with Gasteiger partial charge >= 0.3 is 0 Å². The molecule has 0 fully saturated rings. The predicted molar refractivity (Wildman–Crippen MR) is 67.0 cm³/mol. The van der Waals surface area contributed by atoms with E-state index < -0.39 is 0 Å². The maximum Gasteiger partial charge on any atom is 0.0320 e. The number of benzene rings is 1. The first-order valence-corrected chi connectivity index (χ1v) is 5.51.